The monoisotopic (exact) mass is 311 g/mol. The number of primary amides is 1. The zero-order valence-corrected chi connectivity index (χ0v) is 12.9. The molecule has 0 saturated heterocycles. The number of benzene rings is 1. The van der Waals surface area contributed by atoms with E-state index in [2.05, 4.69) is 21.7 Å². The van der Waals surface area contributed by atoms with E-state index in [1.165, 1.54) is 0 Å². The third-order valence-electron chi connectivity index (χ3n) is 3.36. The maximum absolute atomic E-state index is 10.7. The number of amides is 2. The lowest BCUT2D eigenvalue weighted by atomic mass is 9.96. The number of nitrogens with two attached hydrogens (primary N) is 1. The normalized spacial score (nSPS) is 9.78. The van der Waals surface area contributed by atoms with Crippen LogP contribution in [0.5, 0.6) is 5.75 Å². The van der Waals surface area contributed by atoms with E-state index < -0.39 is 6.03 Å². The van der Waals surface area contributed by atoms with Gasteiger partial charge in [0, 0.05) is 25.0 Å². The quantitative estimate of drug-likeness (QED) is 0.731. The molecular weight excluding hydrogens is 294 g/mol. The van der Waals surface area contributed by atoms with Crippen molar-refractivity contribution in [2.24, 2.45) is 5.73 Å². The molecule has 2 aromatic rings. The Bertz CT molecular complexity index is 753. The lowest BCUT2D eigenvalue weighted by molar-refractivity contribution is 0.232. The number of anilines is 1. The van der Waals surface area contributed by atoms with E-state index in [-0.39, 0.29) is 6.73 Å². The first-order valence-corrected chi connectivity index (χ1v) is 6.90. The van der Waals surface area contributed by atoms with Crippen molar-refractivity contribution in [3.63, 3.8) is 0 Å². The molecule has 2 amide bonds. The Morgan fingerprint density at radius 3 is 2.87 bits per heavy atom. The number of pyridine rings is 1. The summed E-state index contributed by atoms with van der Waals surface area (Å²) in [7, 11) is 1.73. The fourth-order valence-electron chi connectivity index (χ4n) is 2.23. The van der Waals surface area contributed by atoms with Crippen LogP contribution < -0.4 is 21.1 Å². The highest BCUT2D eigenvalue weighted by atomic mass is 16.5. The summed E-state index contributed by atoms with van der Waals surface area (Å²) < 4.78 is 5.52. The molecule has 0 aliphatic rings. The van der Waals surface area contributed by atoms with Gasteiger partial charge in [0.15, 0.2) is 12.5 Å². The number of nitrogens with one attached hydrogen (secondary N) is 2. The minimum Gasteiger partial charge on any atom is -0.470 e. The van der Waals surface area contributed by atoms with Gasteiger partial charge in [-0.15, -0.1) is 0 Å². The van der Waals surface area contributed by atoms with Crippen molar-refractivity contribution in [1.29, 1.82) is 5.26 Å². The molecule has 1 heterocycles. The summed E-state index contributed by atoms with van der Waals surface area (Å²) in [5.74, 6) is 0.369. The van der Waals surface area contributed by atoms with Gasteiger partial charge >= 0.3 is 6.03 Å². The van der Waals surface area contributed by atoms with Gasteiger partial charge in [-0.2, -0.15) is 5.26 Å². The van der Waals surface area contributed by atoms with Gasteiger partial charge in [-0.05, 0) is 30.2 Å². The Labute approximate surface area is 134 Å². The molecular formula is C16H17N5O2. The van der Waals surface area contributed by atoms with Crippen LogP contribution in [0.4, 0.5) is 10.5 Å². The Morgan fingerprint density at radius 2 is 2.30 bits per heavy atom. The zero-order chi connectivity index (χ0) is 16.8. The molecule has 4 N–H and O–H groups in total. The van der Waals surface area contributed by atoms with E-state index in [0.717, 1.165) is 16.7 Å². The number of carbonyl (C=O) groups is 1. The lowest BCUT2D eigenvalue weighted by Gasteiger charge is -2.17. The summed E-state index contributed by atoms with van der Waals surface area (Å²) in [6, 6.07) is 7.10. The van der Waals surface area contributed by atoms with Crippen molar-refractivity contribution >= 4 is 11.7 Å². The molecule has 7 heteroatoms. The largest absolute Gasteiger partial charge is 0.470 e. The van der Waals surface area contributed by atoms with Gasteiger partial charge in [-0.3, -0.25) is 4.98 Å². The highest BCUT2D eigenvalue weighted by Crippen LogP contribution is 2.37. The summed E-state index contributed by atoms with van der Waals surface area (Å²) >= 11 is 0. The second-order valence-corrected chi connectivity index (χ2v) is 4.73. The molecule has 1 aromatic carbocycles. The van der Waals surface area contributed by atoms with E-state index in [9.17, 15) is 10.1 Å². The predicted octanol–water partition coefficient (Wildman–Crippen LogP) is 1.97. The molecule has 0 aliphatic carbocycles. The molecule has 0 unspecified atom stereocenters. The Morgan fingerprint density at radius 1 is 1.52 bits per heavy atom. The van der Waals surface area contributed by atoms with E-state index in [0.29, 0.717) is 17.0 Å². The number of rotatable bonds is 5. The predicted molar refractivity (Wildman–Crippen MR) is 86.9 cm³/mol. The highest BCUT2D eigenvalue weighted by Gasteiger charge is 2.17. The average Bonchev–Trinajstić information content (AvgIpc) is 2.55. The SMILES string of the molecule is CNc1cc(-c2cccnc2)c(C)c(C#N)c1OCNC(N)=O. The second kappa shape index (κ2) is 7.13. The number of ether oxygens (including phenoxy) is 1. The van der Waals surface area contributed by atoms with Gasteiger partial charge in [0.05, 0.1) is 11.3 Å². The van der Waals surface area contributed by atoms with Crippen LogP contribution in [0.15, 0.2) is 30.6 Å². The Hall–Kier alpha value is -3.27. The summed E-state index contributed by atoms with van der Waals surface area (Å²) in [5, 5.41) is 14.9. The van der Waals surface area contributed by atoms with Gasteiger partial charge in [0.25, 0.3) is 0 Å². The van der Waals surface area contributed by atoms with Crippen molar-refractivity contribution in [2.75, 3.05) is 19.1 Å². The van der Waals surface area contributed by atoms with E-state index >= 15 is 0 Å². The zero-order valence-electron chi connectivity index (χ0n) is 12.9. The van der Waals surface area contributed by atoms with Crippen LogP contribution in [0.2, 0.25) is 0 Å². The summed E-state index contributed by atoms with van der Waals surface area (Å²) in [6.45, 7) is 1.72. The fraction of sp³-hybridized carbons (Fsp3) is 0.188. The maximum Gasteiger partial charge on any atom is 0.314 e. The van der Waals surface area contributed by atoms with Gasteiger partial charge in [-0.25, -0.2) is 4.79 Å². The van der Waals surface area contributed by atoms with Crippen molar-refractivity contribution < 1.29 is 9.53 Å². The lowest BCUT2D eigenvalue weighted by Crippen LogP contribution is -2.32. The molecule has 23 heavy (non-hydrogen) atoms. The summed E-state index contributed by atoms with van der Waals surface area (Å²) in [5.41, 5.74) is 8.60. The van der Waals surface area contributed by atoms with Crippen LogP contribution >= 0.6 is 0 Å². The third kappa shape index (κ3) is 3.49. The molecule has 0 aliphatic heterocycles. The first kappa shape index (κ1) is 16.1. The van der Waals surface area contributed by atoms with E-state index in [4.69, 9.17) is 10.5 Å². The molecule has 2 rings (SSSR count). The first-order valence-electron chi connectivity index (χ1n) is 6.90. The highest BCUT2D eigenvalue weighted by molar-refractivity contribution is 5.79. The molecule has 118 valence electrons. The number of nitrogens with zero attached hydrogens (tertiary/aromatic N) is 2. The smallest absolute Gasteiger partial charge is 0.314 e. The molecule has 0 saturated carbocycles. The molecule has 0 bridgehead atoms. The Balaban J connectivity index is 2.50. The first-order chi connectivity index (χ1) is 11.1. The van der Waals surface area contributed by atoms with Crippen molar-refractivity contribution in [2.45, 2.75) is 6.92 Å². The number of aromatic nitrogens is 1. The number of carbonyl (C=O) groups excluding carboxylic acids is 1. The molecule has 0 fully saturated rings. The molecule has 1 aromatic heterocycles. The van der Waals surface area contributed by atoms with Crippen LogP contribution in [-0.2, 0) is 0 Å². The molecule has 0 radical (unpaired) electrons. The average molecular weight is 311 g/mol. The number of hydrogen-bond donors (Lipinski definition) is 3. The fourth-order valence-corrected chi connectivity index (χ4v) is 2.23. The minimum atomic E-state index is -0.696. The summed E-state index contributed by atoms with van der Waals surface area (Å²) in [4.78, 5) is 14.9. The molecule has 7 nitrogen and oxygen atoms in total. The van der Waals surface area contributed by atoms with E-state index in [1.807, 2.05) is 25.1 Å². The standard InChI is InChI=1S/C16H17N5O2/c1-10-12(11-4-3-5-20-8-11)6-14(19-2)15(13(10)7-17)23-9-21-16(18)22/h3-6,8,19H,9H2,1-2H3,(H3,18,21,22). The summed E-state index contributed by atoms with van der Waals surface area (Å²) in [6.07, 6.45) is 3.42. The molecule has 0 atom stereocenters. The van der Waals surface area contributed by atoms with Gasteiger partial charge < -0.3 is 21.1 Å². The number of hydrogen-bond acceptors (Lipinski definition) is 5. The van der Waals surface area contributed by atoms with Gasteiger partial charge in [0.1, 0.15) is 6.07 Å². The second-order valence-electron chi connectivity index (χ2n) is 4.73. The third-order valence-corrected chi connectivity index (χ3v) is 3.36. The molecule has 0 spiro atoms. The van der Waals surface area contributed by atoms with Crippen molar-refractivity contribution in [3.05, 3.63) is 41.7 Å². The van der Waals surface area contributed by atoms with Crippen LogP contribution in [0, 0.1) is 18.3 Å². The van der Waals surface area contributed by atoms with Crippen LogP contribution in [0.1, 0.15) is 11.1 Å². The maximum atomic E-state index is 10.7. The minimum absolute atomic E-state index is 0.121. The van der Waals surface area contributed by atoms with Crippen LogP contribution in [0.3, 0.4) is 0 Å². The van der Waals surface area contributed by atoms with Crippen LogP contribution in [0.25, 0.3) is 11.1 Å². The van der Waals surface area contributed by atoms with Crippen LogP contribution in [-0.4, -0.2) is 24.8 Å². The number of nitriles is 1. The van der Waals surface area contributed by atoms with Crippen molar-refractivity contribution in [3.8, 4) is 22.9 Å². The van der Waals surface area contributed by atoms with E-state index in [1.54, 1.807) is 19.4 Å². The van der Waals surface area contributed by atoms with Crippen molar-refractivity contribution in [1.82, 2.24) is 10.3 Å². The topological polar surface area (TPSA) is 113 Å². The Kier molecular flexibility index (Phi) is 5.00. The van der Waals surface area contributed by atoms with Gasteiger partial charge in [-0.1, -0.05) is 6.07 Å². The number of urea groups is 1. The van der Waals surface area contributed by atoms with Gasteiger partial charge in [0.2, 0.25) is 0 Å².